The van der Waals surface area contributed by atoms with Gasteiger partial charge in [-0.2, -0.15) is 0 Å². The van der Waals surface area contributed by atoms with Crippen LogP contribution in [0.5, 0.6) is 5.75 Å². The summed E-state index contributed by atoms with van der Waals surface area (Å²) in [7, 11) is 0. The van der Waals surface area contributed by atoms with Crippen LogP contribution in [0.25, 0.3) is 0 Å². The van der Waals surface area contributed by atoms with Gasteiger partial charge in [-0.3, -0.25) is 0 Å². The molecular weight excluding hydrogens is 274 g/mol. The molecule has 2 N–H and O–H groups in total. The van der Waals surface area contributed by atoms with Gasteiger partial charge in [0.2, 0.25) is 0 Å². The second kappa shape index (κ2) is 8.57. The van der Waals surface area contributed by atoms with Crippen molar-refractivity contribution in [1.82, 2.24) is 5.32 Å². The summed E-state index contributed by atoms with van der Waals surface area (Å²) in [6, 6.07) is 16.7. The number of aliphatic hydroxyl groups excluding tert-OH is 1. The fraction of sp³-hybridized carbons (Fsp3) is 0.368. The standard InChI is InChI=1S/C19H25NO2/c1-15(2)17-9-7-16(8-10-17)13-20-14-18-5-3-4-6-19(18)22-12-11-21/h3-10,15,20-21H,11-14H2,1-2H3. The average Bonchev–Trinajstić information content (AvgIpc) is 2.54. The molecule has 0 aliphatic carbocycles. The van der Waals surface area contributed by atoms with Gasteiger partial charge >= 0.3 is 0 Å². The van der Waals surface area contributed by atoms with E-state index in [9.17, 15) is 0 Å². The van der Waals surface area contributed by atoms with Crippen LogP contribution in [0.15, 0.2) is 48.5 Å². The molecule has 2 aromatic rings. The van der Waals surface area contributed by atoms with Crippen LogP contribution in [0.1, 0.15) is 36.5 Å². The summed E-state index contributed by atoms with van der Waals surface area (Å²) in [5.74, 6) is 1.40. The Morgan fingerprint density at radius 2 is 1.73 bits per heavy atom. The van der Waals surface area contributed by atoms with Crippen molar-refractivity contribution in [2.75, 3.05) is 13.2 Å². The molecule has 22 heavy (non-hydrogen) atoms. The van der Waals surface area contributed by atoms with Crippen molar-refractivity contribution in [1.29, 1.82) is 0 Å². The molecular formula is C19H25NO2. The summed E-state index contributed by atoms with van der Waals surface area (Å²) < 4.78 is 5.54. The van der Waals surface area contributed by atoms with Crippen molar-refractivity contribution in [2.45, 2.75) is 32.9 Å². The number of rotatable bonds is 8. The van der Waals surface area contributed by atoms with Gasteiger partial charge in [-0.25, -0.2) is 0 Å². The van der Waals surface area contributed by atoms with E-state index in [0.717, 1.165) is 24.4 Å². The predicted octanol–water partition coefficient (Wildman–Crippen LogP) is 3.47. The molecule has 3 heteroatoms. The van der Waals surface area contributed by atoms with Gasteiger partial charge in [-0.15, -0.1) is 0 Å². The highest BCUT2D eigenvalue weighted by Gasteiger charge is 2.03. The van der Waals surface area contributed by atoms with Gasteiger partial charge in [-0.05, 0) is 23.1 Å². The molecule has 0 amide bonds. The van der Waals surface area contributed by atoms with Crippen LogP contribution >= 0.6 is 0 Å². The highest BCUT2D eigenvalue weighted by atomic mass is 16.5. The molecule has 0 aliphatic heterocycles. The average molecular weight is 299 g/mol. The fourth-order valence-electron chi connectivity index (χ4n) is 2.31. The van der Waals surface area contributed by atoms with Gasteiger partial charge in [0.15, 0.2) is 0 Å². The molecule has 0 bridgehead atoms. The lowest BCUT2D eigenvalue weighted by atomic mass is 10.0. The molecule has 0 unspecified atom stereocenters. The van der Waals surface area contributed by atoms with Crippen molar-refractivity contribution in [3.63, 3.8) is 0 Å². The van der Waals surface area contributed by atoms with Gasteiger partial charge in [0.05, 0.1) is 6.61 Å². The van der Waals surface area contributed by atoms with Gasteiger partial charge in [0.1, 0.15) is 12.4 Å². The molecule has 118 valence electrons. The number of benzene rings is 2. The van der Waals surface area contributed by atoms with Crippen LogP contribution in [0.4, 0.5) is 0 Å². The van der Waals surface area contributed by atoms with Gasteiger partial charge in [-0.1, -0.05) is 56.3 Å². The maximum Gasteiger partial charge on any atom is 0.123 e. The first-order valence-corrected chi connectivity index (χ1v) is 7.82. The molecule has 2 aromatic carbocycles. The number of ether oxygens (including phenoxy) is 1. The predicted molar refractivity (Wildman–Crippen MR) is 90.1 cm³/mol. The van der Waals surface area contributed by atoms with E-state index >= 15 is 0 Å². The first kappa shape index (κ1) is 16.5. The maximum absolute atomic E-state index is 8.86. The highest BCUT2D eigenvalue weighted by molar-refractivity contribution is 5.33. The summed E-state index contributed by atoms with van der Waals surface area (Å²) in [5, 5.41) is 12.3. The quantitative estimate of drug-likeness (QED) is 0.784. The van der Waals surface area contributed by atoms with Gasteiger partial charge in [0.25, 0.3) is 0 Å². The third-order valence-corrected chi connectivity index (χ3v) is 3.61. The molecule has 0 atom stereocenters. The van der Waals surface area contributed by atoms with Gasteiger partial charge < -0.3 is 15.2 Å². The van der Waals surface area contributed by atoms with Crippen molar-refractivity contribution in [3.05, 3.63) is 65.2 Å². The Labute approximate surface area is 133 Å². The Balaban J connectivity index is 1.88. The molecule has 0 radical (unpaired) electrons. The first-order chi connectivity index (χ1) is 10.7. The normalized spacial score (nSPS) is 10.9. The Morgan fingerprint density at radius 3 is 2.41 bits per heavy atom. The lowest BCUT2D eigenvalue weighted by Gasteiger charge is -2.12. The van der Waals surface area contributed by atoms with E-state index in [2.05, 4.69) is 43.4 Å². The minimum atomic E-state index is 0.0317. The zero-order valence-electron chi connectivity index (χ0n) is 13.4. The van der Waals surface area contributed by atoms with E-state index in [0.29, 0.717) is 12.5 Å². The second-order valence-corrected chi connectivity index (χ2v) is 5.68. The number of hydrogen-bond acceptors (Lipinski definition) is 3. The lowest BCUT2D eigenvalue weighted by Crippen LogP contribution is -2.14. The van der Waals surface area contributed by atoms with E-state index < -0.39 is 0 Å². The Hall–Kier alpha value is -1.84. The fourth-order valence-corrected chi connectivity index (χ4v) is 2.31. The molecule has 0 saturated heterocycles. The zero-order valence-corrected chi connectivity index (χ0v) is 13.4. The molecule has 0 aliphatic rings. The van der Waals surface area contributed by atoms with Gasteiger partial charge in [0, 0.05) is 18.7 Å². The molecule has 0 saturated carbocycles. The monoisotopic (exact) mass is 299 g/mol. The van der Waals surface area contributed by atoms with Crippen molar-refractivity contribution in [2.24, 2.45) is 0 Å². The number of para-hydroxylation sites is 1. The maximum atomic E-state index is 8.86. The molecule has 0 fully saturated rings. The topological polar surface area (TPSA) is 41.5 Å². The highest BCUT2D eigenvalue weighted by Crippen LogP contribution is 2.18. The lowest BCUT2D eigenvalue weighted by molar-refractivity contribution is 0.200. The van der Waals surface area contributed by atoms with Crippen molar-refractivity contribution < 1.29 is 9.84 Å². The molecule has 0 aromatic heterocycles. The summed E-state index contributed by atoms with van der Waals surface area (Å²) in [6.45, 7) is 6.34. The van der Waals surface area contributed by atoms with Crippen LogP contribution in [0.2, 0.25) is 0 Å². The Bertz CT molecular complexity index is 564. The smallest absolute Gasteiger partial charge is 0.123 e. The minimum absolute atomic E-state index is 0.0317. The van der Waals surface area contributed by atoms with Crippen molar-refractivity contribution in [3.8, 4) is 5.75 Å². The Morgan fingerprint density at radius 1 is 1.00 bits per heavy atom. The van der Waals surface area contributed by atoms with E-state index in [-0.39, 0.29) is 6.61 Å². The van der Waals surface area contributed by atoms with E-state index in [1.165, 1.54) is 11.1 Å². The zero-order chi connectivity index (χ0) is 15.8. The first-order valence-electron chi connectivity index (χ1n) is 7.82. The van der Waals surface area contributed by atoms with E-state index in [4.69, 9.17) is 9.84 Å². The minimum Gasteiger partial charge on any atom is -0.491 e. The summed E-state index contributed by atoms with van der Waals surface area (Å²) in [5.41, 5.74) is 3.75. The number of aliphatic hydroxyl groups is 1. The molecule has 0 heterocycles. The second-order valence-electron chi connectivity index (χ2n) is 5.68. The van der Waals surface area contributed by atoms with E-state index in [1.54, 1.807) is 0 Å². The van der Waals surface area contributed by atoms with Crippen molar-refractivity contribution >= 4 is 0 Å². The number of hydrogen-bond donors (Lipinski definition) is 2. The van der Waals surface area contributed by atoms with E-state index in [1.807, 2.05) is 24.3 Å². The third kappa shape index (κ3) is 4.86. The van der Waals surface area contributed by atoms with Crippen LogP contribution in [0, 0.1) is 0 Å². The van der Waals surface area contributed by atoms with Crippen LogP contribution in [-0.2, 0) is 13.1 Å². The van der Waals surface area contributed by atoms with Crippen LogP contribution in [0.3, 0.4) is 0 Å². The number of nitrogens with one attached hydrogen (secondary N) is 1. The summed E-state index contributed by atoms with van der Waals surface area (Å²) in [4.78, 5) is 0. The SMILES string of the molecule is CC(C)c1ccc(CNCc2ccccc2OCCO)cc1. The molecule has 3 nitrogen and oxygen atoms in total. The largest absolute Gasteiger partial charge is 0.491 e. The van der Waals surface area contributed by atoms with Crippen LogP contribution in [-0.4, -0.2) is 18.3 Å². The van der Waals surface area contributed by atoms with Crippen LogP contribution < -0.4 is 10.1 Å². The third-order valence-electron chi connectivity index (χ3n) is 3.61. The Kier molecular flexibility index (Phi) is 6.44. The summed E-state index contributed by atoms with van der Waals surface area (Å²) >= 11 is 0. The summed E-state index contributed by atoms with van der Waals surface area (Å²) in [6.07, 6.45) is 0. The molecule has 0 spiro atoms. The molecule has 2 rings (SSSR count).